The predicted octanol–water partition coefficient (Wildman–Crippen LogP) is 0.617. The van der Waals surface area contributed by atoms with Gasteiger partial charge in [0.2, 0.25) is 5.91 Å². The number of carbonyl (C=O) groups excluding carboxylic acids is 1. The van der Waals surface area contributed by atoms with Crippen LogP contribution in [-0.2, 0) is 4.79 Å². The number of hydrogen-bond acceptors (Lipinski definition) is 3. The van der Waals surface area contributed by atoms with Gasteiger partial charge in [0.15, 0.2) is 0 Å². The minimum atomic E-state index is 0. The van der Waals surface area contributed by atoms with Gasteiger partial charge in [0.1, 0.15) is 0 Å². The summed E-state index contributed by atoms with van der Waals surface area (Å²) in [5.74, 6) is 0.161. The van der Waals surface area contributed by atoms with Crippen LogP contribution in [0.2, 0.25) is 0 Å². The second kappa shape index (κ2) is 7.87. The molecule has 0 aromatic rings. The van der Waals surface area contributed by atoms with E-state index in [0.29, 0.717) is 6.04 Å². The molecule has 2 unspecified atom stereocenters. The summed E-state index contributed by atoms with van der Waals surface area (Å²) in [6.07, 6.45) is 2.14. The van der Waals surface area contributed by atoms with E-state index in [1.54, 1.807) is 0 Å². The first-order valence-corrected chi connectivity index (χ1v) is 5.88. The van der Waals surface area contributed by atoms with Crippen LogP contribution in [0.4, 0.5) is 0 Å². The zero-order valence-electron chi connectivity index (χ0n) is 10.5. The van der Waals surface area contributed by atoms with Crippen LogP contribution in [-0.4, -0.2) is 49.6 Å². The van der Waals surface area contributed by atoms with Crippen molar-refractivity contribution in [3.63, 3.8) is 0 Å². The molecule has 1 aliphatic rings. The van der Waals surface area contributed by atoms with Crippen molar-refractivity contribution in [1.82, 2.24) is 15.5 Å². The van der Waals surface area contributed by atoms with Crippen LogP contribution in [0.5, 0.6) is 0 Å². The third-order valence-electron chi connectivity index (χ3n) is 3.10. The highest BCUT2D eigenvalue weighted by Gasteiger charge is 2.28. The molecule has 96 valence electrons. The molecule has 1 heterocycles. The van der Waals surface area contributed by atoms with Gasteiger partial charge >= 0.3 is 0 Å². The lowest BCUT2D eigenvalue weighted by Gasteiger charge is -2.23. The lowest BCUT2D eigenvalue weighted by atomic mass is 10.2. The summed E-state index contributed by atoms with van der Waals surface area (Å²) in [4.78, 5) is 14.0. The first-order valence-electron chi connectivity index (χ1n) is 5.88. The highest BCUT2D eigenvalue weighted by molar-refractivity contribution is 5.85. The average molecular weight is 250 g/mol. The molecule has 0 bridgehead atoms. The molecular formula is C11H24ClN3O. The molecule has 1 rings (SSSR count). The summed E-state index contributed by atoms with van der Waals surface area (Å²) < 4.78 is 0. The third-order valence-corrected chi connectivity index (χ3v) is 3.10. The minimum Gasteiger partial charge on any atom is -0.355 e. The van der Waals surface area contributed by atoms with Crippen LogP contribution >= 0.6 is 12.4 Å². The van der Waals surface area contributed by atoms with Gasteiger partial charge in [-0.05, 0) is 26.8 Å². The Balaban J connectivity index is 0.00000225. The zero-order valence-corrected chi connectivity index (χ0v) is 11.3. The van der Waals surface area contributed by atoms with Gasteiger partial charge in [-0.25, -0.2) is 0 Å². The topological polar surface area (TPSA) is 44.4 Å². The fourth-order valence-electron chi connectivity index (χ4n) is 1.94. The Morgan fingerprint density at radius 2 is 2.25 bits per heavy atom. The fraction of sp³-hybridized carbons (Fsp3) is 0.909. The number of nitrogens with zero attached hydrogens (tertiary/aromatic N) is 1. The van der Waals surface area contributed by atoms with E-state index in [9.17, 15) is 4.79 Å². The molecule has 0 radical (unpaired) electrons. The standard InChI is InChI=1S/C11H23N3O.ClH/c1-4-6-13-11(15)9(2)14-7-5-10(8-14)12-3;/h9-10,12H,4-8H2,1-3H3,(H,13,15);1H. The van der Waals surface area contributed by atoms with Crippen molar-refractivity contribution in [1.29, 1.82) is 0 Å². The van der Waals surface area contributed by atoms with Gasteiger partial charge < -0.3 is 10.6 Å². The van der Waals surface area contributed by atoms with E-state index in [1.807, 2.05) is 14.0 Å². The molecule has 0 spiro atoms. The Hall–Kier alpha value is -0.320. The monoisotopic (exact) mass is 249 g/mol. The Kier molecular flexibility index (Phi) is 7.72. The molecule has 0 aromatic carbocycles. The zero-order chi connectivity index (χ0) is 11.3. The molecule has 1 amide bonds. The van der Waals surface area contributed by atoms with E-state index in [-0.39, 0.29) is 24.4 Å². The molecule has 1 fully saturated rings. The van der Waals surface area contributed by atoms with Crippen LogP contribution in [0.25, 0.3) is 0 Å². The first kappa shape index (κ1) is 15.7. The van der Waals surface area contributed by atoms with E-state index < -0.39 is 0 Å². The number of carbonyl (C=O) groups is 1. The number of likely N-dealkylation sites (tertiary alicyclic amines) is 1. The second-order valence-corrected chi connectivity index (χ2v) is 4.24. The maximum Gasteiger partial charge on any atom is 0.237 e. The smallest absolute Gasteiger partial charge is 0.237 e. The van der Waals surface area contributed by atoms with Gasteiger partial charge in [-0.1, -0.05) is 6.92 Å². The number of rotatable bonds is 5. The van der Waals surface area contributed by atoms with Crippen LogP contribution in [0.15, 0.2) is 0 Å². The van der Waals surface area contributed by atoms with Crippen molar-refractivity contribution >= 4 is 18.3 Å². The van der Waals surface area contributed by atoms with Crippen molar-refractivity contribution < 1.29 is 4.79 Å². The number of amides is 1. The first-order chi connectivity index (χ1) is 7.19. The molecule has 16 heavy (non-hydrogen) atoms. The lowest BCUT2D eigenvalue weighted by Crippen LogP contribution is -2.45. The average Bonchev–Trinajstić information content (AvgIpc) is 2.73. The van der Waals surface area contributed by atoms with Crippen LogP contribution < -0.4 is 10.6 Å². The fourth-order valence-corrected chi connectivity index (χ4v) is 1.94. The molecule has 0 aromatic heterocycles. The number of nitrogens with one attached hydrogen (secondary N) is 2. The minimum absolute atomic E-state index is 0. The van der Waals surface area contributed by atoms with Gasteiger partial charge in [-0.15, -0.1) is 12.4 Å². The molecular weight excluding hydrogens is 226 g/mol. The van der Waals surface area contributed by atoms with Gasteiger partial charge in [-0.3, -0.25) is 9.69 Å². The third kappa shape index (κ3) is 4.28. The van der Waals surface area contributed by atoms with Crippen LogP contribution in [0.3, 0.4) is 0 Å². The van der Waals surface area contributed by atoms with E-state index in [0.717, 1.165) is 32.5 Å². The Morgan fingerprint density at radius 3 is 2.75 bits per heavy atom. The summed E-state index contributed by atoms with van der Waals surface area (Å²) >= 11 is 0. The molecule has 5 heteroatoms. The van der Waals surface area contributed by atoms with E-state index in [1.165, 1.54) is 0 Å². The normalized spacial score (nSPS) is 22.6. The van der Waals surface area contributed by atoms with Gasteiger partial charge in [-0.2, -0.15) is 0 Å². The molecule has 1 saturated heterocycles. The summed E-state index contributed by atoms with van der Waals surface area (Å²) in [6.45, 7) is 6.84. The number of likely N-dealkylation sites (N-methyl/N-ethyl adjacent to an activating group) is 1. The molecule has 0 saturated carbocycles. The summed E-state index contributed by atoms with van der Waals surface area (Å²) in [5.41, 5.74) is 0. The summed E-state index contributed by atoms with van der Waals surface area (Å²) in [7, 11) is 1.98. The molecule has 1 aliphatic heterocycles. The predicted molar refractivity (Wildman–Crippen MR) is 69.0 cm³/mol. The van der Waals surface area contributed by atoms with Crippen LogP contribution in [0, 0.1) is 0 Å². The molecule has 2 N–H and O–H groups in total. The van der Waals surface area contributed by atoms with Crippen molar-refractivity contribution in [2.45, 2.75) is 38.8 Å². The summed E-state index contributed by atoms with van der Waals surface area (Å²) in [6, 6.07) is 0.557. The maximum atomic E-state index is 11.7. The van der Waals surface area contributed by atoms with Gasteiger partial charge in [0.25, 0.3) is 0 Å². The van der Waals surface area contributed by atoms with Crippen molar-refractivity contribution in [3.8, 4) is 0 Å². The highest BCUT2D eigenvalue weighted by atomic mass is 35.5. The van der Waals surface area contributed by atoms with Crippen molar-refractivity contribution in [2.24, 2.45) is 0 Å². The molecule has 0 aliphatic carbocycles. The van der Waals surface area contributed by atoms with Crippen LogP contribution in [0.1, 0.15) is 26.7 Å². The number of hydrogen-bond donors (Lipinski definition) is 2. The Bertz CT molecular complexity index is 213. The van der Waals surface area contributed by atoms with Gasteiger partial charge in [0, 0.05) is 25.7 Å². The SMILES string of the molecule is CCCNC(=O)C(C)N1CCC(NC)C1.Cl. The quantitative estimate of drug-likeness (QED) is 0.751. The molecule has 4 nitrogen and oxygen atoms in total. The van der Waals surface area contributed by atoms with E-state index in [4.69, 9.17) is 0 Å². The summed E-state index contributed by atoms with van der Waals surface area (Å²) in [5, 5.41) is 6.20. The highest BCUT2D eigenvalue weighted by Crippen LogP contribution is 2.12. The number of halogens is 1. The second-order valence-electron chi connectivity index (χ2n) is 4.24. The Labute approximate surface area is 105 Å². The van der Waals surface area contributed by atoms with E-state index in [2.05, 4.69) is 22.5 Å². The largest absolute Gasteiger partial charge is 0.355 e. The van der Waals surface area contributed by atoms with Gasteiger partial charge in [0.05, 0.1) is 6.04 Å². The molecule has 2 atom stereocenters. The maximum absolute atomic E-state index is 11.7. The van der Waals surface area contributed by atoms with E-state index >= 15 is 0 Å². The van der Waals surface area contributed by atoms with Crippen molar-refractivity contribution in [3.05, 3.63) is 0 Å². The van der Waals surface area contributed by atoms with Crippen molar-refractivity contribution in [2.75, 3.05) is 26.7 Å². The lowest BCUT2D eigenvalue weighted by molar-refractivity contribution is -0.125. The Morgan fingerprint density at radius 1 is 1.56 bits per heavy atom.